The number of hydrogen-bond donors (Lipinski definition) is 2. The maximum absolute atomic E-state index is 8.65. The second-order valence-corrected chi connectivity index (χ2v) is 4.24. The van der Waals surface area contributed by atoms with E-state index in [2.05, 4.69) is 10.1 Å². The Balaban J connectivity index is 2.28. The van der Waals surface area contributed by atoms with E-state index in [0.29, 0.717) is 11.4 Å². The van der Waals surface area contributed by atoms with Gasteiger partial charge in [0.1, 0.15) is 5.75 Å². The van der Waals surface area contributed by atoms with Crippen molar-refractivity contribution in [2.24, 2.45) is 10.9 Å². The van der Waals surface area contributed by atoms with Crippen molar-refractivity contribution in [1.29, 1.82) is 0 Å². The third-order valence-electron chi connectivity index (χ3n) is 2.68. The zero-order valence-corrected chi connectivity index (χ0v) is 10.8. The number of amidine groups is 1. The Kier molecular flexibility index (Phi) is 3.66. The minimum absolute atomic E-state index is 0.0212. The van der Waals surface area contributed by atoms with E-state index >= 15 is 0 Å². The van der Waals surface area contributed by atoms with Crippen LogP contribution in [0.3, 0.4) is 0 Å². The normalized spacial score (nSPS) is 11.4. The highest BCUT2D eigenvalue weighted by molar-refractivity contribution is 5.97. The highest BCUT2D eigenvalue weighted by Crippen LogP contribution is 2.24. The van der Waals surface area contributed by atoms with Crippen LogP contribution in [0.5, 0.6) is 11.6 Å². The van der Waals surface area contributed by atoms with Crippen molar-refractivity contribution in [3.63, 3.8) is 0 Å². The molecule has 2 rings (SSSR count). The third-order valence-corrected chi connectivity index (χ3v) is 2.68. The van der Waals surface area contributed by atoms with Crippen LogP contribution in [-0.4, -0.2) is 16.0 Å². The summed E-state index contributed by atoms with van der Waals surface area (Å²) in [6, 6.07) is 9.15. The molecule has 0 fully saturated rings. The van der Waals surface area contributed by atoms with E-state index in [1.54, 1.807) is 18.3 Å². The monoisotopic (exact) mass is 257 g/mol. The predicted molar refractivity (Wildman–Crippen MR) is 72.7 cm³/mol. The van der Waals surface area contributed by atoms with Gasteiger partial charge in [-0.1, -0.05) is 22.9 Å². The molecule has 3 N–H and O–H groups in total. The molecular formula is C14H15N3O2. The molecule has 0 aliphatic heterocycles. The molecule has 1 aromatic heterocycles. The maximum Gasteiger partial charge on any atom is 0.219 e. The summed E-state index contributed by atoms with van der Waals surface area (Å²) in [5.41, 5.74) is 8.27. The molecule has 19 heavy (non-hydrogen) atoms. The number of nitrogens with zero attached hydrogens (tertiary/aromatic N) is 2. The summed E-state index contributed by atoms with van der Waals surface area (Å²) < 4.78 is 5.70. The Hall–Kier alpha value is -2.56. The average molecular weight is 257 g/mol. The first-order valence-electron chi connectivity index (χ1n) is 5.79. The summed E-state index contributed by atoms with van der Waals surface area (Å²) in [6.45, 7) is 3.99. The zero-order chi connectivity index (χ0) is 13.8. The highest BCUT2D eigenvalue weighted by Gasteiger charge is 2.05. The van der Waals surface area contributed by atoms with Gasteiger partial charge in [-0.05, 0) is 31.5 Å². The number of ether oxygens (including phenoxy) is 1. The van der Waals surface area contributed by atoms with Crippen LogP contribution in [0.25, 0.3) is 0 Å². The summed E-state index contributed by atoms with van der Waals surface area (Å²) in [5, 5.41) is 11.6. The van der Waals surface area contributed by atoms with E-state index in [4.69, 9.17) is 15.7 Å². The SMILES string of the molecule is Cc1ccc(Oc2cc(/C(N)=N/O)ccn2)c(C)c1. The van der Waals surface area contributed by atoms with Gasteiger partial charge >= 0.3 is 0 Å². The molecule has 0 atom stereocenters. The molecule has 5 nitrogen and oxygen atoms in total. The van der Waals surface area contributed by atoms with Crippen LogP contribution in [0, 0.1) is 13.8 Å². The van der Waals surface area contributed by atoms with Gasteiger partial charge in [-0.2, -0.15) is 0 Å². The van der Waals surface area contributed by atoms with Crippen molar-refractivity contribution in [2.75, 3.05) is 0 Å². The maximum atomic E-state index is 8.65. The Labute approximate surface area is 111 Å². The van der Waals surface area contributed by atoms with Gasteiger partial charge in [-0.15, -0.1) is 0 Å². The van der Waals surface area contributed by atoms with E-state index < -0.39 is 0 Å². The fraction of sp³-hybridized carbons (Fsp3) is 0.143. The summed E-state index contributed by atoms with van der Waals surface area (Å²) in [7, 11) is 0. The molecule has 0 amide bonds. The number of benzene rings is 1. The van der Waals surface area contributed by atoms with E-state index in [9.17, 15) is 0 Å². The van der Waals surface area contributed by atoms with Gasteiger partial charge in [-0.25, -0.2) is 4.98 Å². The largest absolute Gasteiger partial charge is 0.439 e. The Bertz CT molecular complexity index is 624. The van der Waals surface area contributed by atoms with Crippen LogP contribution in [0.15, 0.2) is 41.7 Å². The van der Waals surface area contributed by atoms with Gasteiger partial charge in [0.25, 0.3) is 0 Å². The lowest BCUT2D eigenvalue weighted by Gasteiger charge is -2.09. The van der Waals surface area contributed by atoms with Crippen LogP contribution in [0.1, 0.15) is 16.7 Å². The van der Waals surface area contributed by atoms with Crippen LogP contribution < -0.4 is 10.5 Å². The van der Waals surface area contributed by atoms with Gasteiger partial charge in [0.05, 0.1) is 0 Å². The van der Waals surface area contributed by atoms with Crippen molar-refractivity contribution in [1.82, 2.24) is 4.98 Å². The standard InChI is InChI=1S/C14H15N3O2/c1-9-3-4-12(10(2)7-9)19-13-8-11(5-6-16-13)14(15)17-18/h3-8,18H,1-2H3,(H2,15,17). The van der Waals surface area contributed by atoms with E-state index in [-0.39, 0.29) is 5.84 Å². The lowest BCUT2D eigenvalue weighted by molar-refractivity contribution is 0.318. The lowest BCUT2D eigenvalue weighted by Crippen LogP contribution is -2.13. The lowest BCUT2D eigenvalue weighted by atomic mass is 10.1. The molecule has 0 aliphatic carbocycles. The first-order chi connectivity index (χ1) is 9.10. The van der Waals surface area contributed by atoms with E-state index in [0.717, 1.165) is 11.3 Å². The van der Waals surface area contributed by atoms with Crippen molar-refractivity contribution in [3.05, 3.63) is 53.2 Å². The van der Waals surface area contributed by atoms with Gasteiger partial charge < -0.3 is 15.7 Å². The smallest absolute Gasteiger partial charge is 0.219 e. The number of rotatable bonds is 3. The number of pyridine rings is 1. The molecule has 0 radical (unpaired) electrons. The third kappa shape index (κ3) is 3.01. The molecule has 0 saturated carbocycles. The molecule has 0 bridgehead atoms. The minimum Gasteiger partial charge on any atom is -0.439 e. The van der Waals surface area contributed by atoms with Gasteiger partial charge in [0, 0.05) is 17.8 Å². The summed E-state index contributed by atoms with van der Waals surface area (Å²) in [4.78, 5) is 4.10. The van der Waals surface area contributed by atoms with Crippen molar-refractivity contribution >= 4 is 5.84 Å². The zero-order valence-electron chi connectivity index (χ0n) is 10.8. The molecule has 0 spiro atoms. The Morgan fingerprint density at radius 2 is 2.05 bits per heavy atom. The second kappa shape index (κ2) is 5.39. The molecule has 1 heterocycles. The number of oxime groups is 1. The summed E-state index contributed by atoms with van der Waals surface area (Å²) in [5.74, 6) is 1.15. The molecule has 1 aromatic carbocycles. The number of aryl methyl sites for hydroxylation is 2. The van der Waals surface area contributed by atoms with Crippen LogP contribution in [0.2, 0.25) is 0 Å². The minimum atomic E-state index is 0.0212. The topological polar surface area (TPSA) is 80.7 Å². The number of aromatic nitrogens is 1. The Morgan fingerprint density at radius 3 is 2.74 bits per heavy atom. The van der Waals surface area contributed by atoms with Crippen molar-refractivity contribution < 1.29 is 9.94 Å². The van der Waals surface area contributed by atoms with Gasteiger partial charge in [0.15, 0.2) is 5.84 Å². The second-order valence-electron chi connectivity index (χ2n) is 4.24. The van der Waals surface area contributed by atoms with E-state index in [1.165, 1.54) is 5.56 Å². The predicted octanol–water partition coefficient (Wildman–Crippen LogP) is 2.59. The van der Waals surface area contributed by atoms with Crippen LogP contribution in [0.4, 0.5) is 0 Å². The summed E-state index contributed by atoms with van der Waals surface area (Å²) in [6.07, 6.45) is 1.55. The quantitative estimate of drug-likeness (QED) is 0.383. The molecule has 2 aromatic rings. The number of nitrogens with two attached hydrogens (primary N) is 1. The first-order valence-corrected chi connectivity index (χ1v) is 5.79. The van der Waals surface area contributed by atoms with Gasteiger partial charge in [0.2, 0.25) is 5.88 Å². The average Bonchev–Trinajstić information content (AvgIpc) is 2.41. The van der Waals surface area contributed by atoms with Crippen LogP contribution >= 0.6 is 0 Å². The number of hydrogen-bond acceptors (Lipinski definition) is 4. The van der Waals surface area contributed by atoms with Crippen molar-refractivity contribution in [3.8, 4) is 11.6 Å². The molecule has 98 valence electrons. The summed E-state index contributed by atoms with van der Waals surface area (Å²) >= 11 is 0. The van der Waals surface area contributed by atoms with Crippen LogP contribution in [-0.2, 0) is 0 Å². The van der Waals surface area contributed by atoms with Gasteiger partial charge in [-0.3, -0.25) is 0 Å². The fourth-order valence-electron chi connectivity index (χ4n) is 1.71. The molecule has 0 unspecified atom stereocenters. The highest BCUT2D eigenvalue weighted by atomic mass is 16.5. The first kappa shape index (κ1) is 12.9. The van der Waals surface area contributed by atoms with E-state index in [1.807, 2.05) is 32.0 Å². The molecule has 5 heteroatoms. The molecular weight excluding hydrogens is 242 g/mol. The molecule has 0 saturated heterocycles. The van der Waals surface area contributed by atoms with Crippen molar-refractivity contribution in [2.45, 2.75) is 13.8 Å². The fourth-order valence-corrected chi connectivity index (χ4v) is 1.71. The Morgan fingerprint density at radius 1 is 1.26 bits per heavy atom. The molecule has 0 aliphatic rings.